The molecule has 180 valence electrons. The molecule has 0 heterocycles. The summed E-state index contributed by atoms with van der Waals surface area (Å²) in [6.07, 6.45) is 0.839. The van der Waals surface area contributed by atoms with Crippen LogP contribution >= 0.6 is 15.9 Å². The Labute approximate surface area is 207 Å². The number of nitro groups is 1. The van der Waals surface area contributed by atoms with Gasteiger partial charge >= 0.3 is 0 Å². The minimum atomic E-state index is -0.425. The molecule has 0 radical (unpaired) electrons. The first kappa shape index (κ1) is 25.3. The van der Waals surface area contributed by atoms with Gasteiger partial charge in [-0.15, -0.1) is 0 Å². The van der Waals surface area contributed by atoms with E-state index in [9.17, 15) is 10.1 Å². The highest BCUT2D eigenvalue weighted by Gasteiger charge is 2.12. The number of rotatable bonds is 12. The van der Waals surface area contributed by atoms with E-state index in [1.807, 2.05) is 30.3 Å². The number of hydrogen-bond acceptors (Lipinski definition) is 7. The molecule has 0 aromatic heterocycles. The van der Waals surface area contributed by atoms with E-state index in [2.05, 4.69) is 21.2 Å². The molecule has 9 heteroatoms. The van der Waals surface area contributed by atoms with Gasteiger partial charge in [-0.3, -0.25) is 10.1 Å². The summed E-state index contributed by atoms with van der Waals surface area (Å²) in [7, 11) is 4.84. The van der Waals surface area contributed by atoms with E-state index < -0.39 is 4.92 Å². The van der Waals surface area contributed by atoms with E-state index in [1.165, 1.54) is 12.1 Å². The fraction of sp³-hybridized carbons (Fsp3) is 0.280. The lowest BCUT2D eigenvalue weighted by Gasteiger charge is -2.15. The fourth-order valence-electron chi connectivity index (χ4n) is 3.35. The highest BCUT2D eigenvalue weighted by Crippen LogP contribution is 2.34. The summed E-state index contributed by atoms with van der Waals surface area (Å²) in [6, 6.07) is 16.0. The molecule has 3 aromatic carbocycles. The second-order valence-electron chi connectivity index (χ2n) is 7.42. The molecule has 0 aliphatic heterocycles. The first-order valence-electron chi connectivity index (χ1n) is 10.6. The normalized spacial score (nSPS) is 10.6. The summed E-state index contributed by atoms with van der Waals surface area (Å²) in [5.41, 5.74) is 3.06. The summed E-state index contributed by atoms with van der Waals surface area (Å²) in [5.74, 6) is 2.63. The van der Waals surface area contributed by atoms with E-state index >= 15 is 0 Å². The monoisotopic (exact) mass is 530 g/mol. The molecular formula is C25H27BrN2O6. The Balaban J connectivity index is 1.57. The van der Waals surface area contributed by atoms with E-state index in [1.54, 1.807) is 33.5 Å². The van der Waals surface area contributed by atoms with E-state index in [0.29, 0.717) is 23.8 Å². The quantitative estimate of drug-likeness (QED) is 0.193. The van der Waals surface area contributed by atoms with Gasteiger partial charge in [0, 0.05) is 23.2 Å². The molecule has 0 saturated carbocycles. The van der Waals surface area contributed by atoms with Crippen LogP contribution in [0.2, 0.25) is 0 Å². The third-order valence-corrected chi connectivity index (χ3v) is 5.97. The smallest absolute Gasteiger partial charge is 0.269 e. The van der Waals surface area contributed by atoms with Gasteiger partial charge in [0.1, 0.15) is 6.61 Å². The highest BCUT2D eigenvalue weighted by molar-refractivity contribution is 9.10. The zero-order chi connectivity index (χ0) is 24.5. The van der Waals surface area contributed by atoms with Crippen molar-refractivity contribution in [1.29, 1.82) is 0 Å². The molecule has 0 amide bonds. The zero-order valence-electron chi connectivity index (χ0n) is 19.3. The van der Waals surface area contributed by atoms with Crippen LogP contribution in [0, 0.1) is 10.1 Å². The number of nitrogens with zero attached hydrogens (tertiary/aromatic N) is 1. The van der Waals surface area contributed by atoms with Crippen molar-refractivity contribution in [2.45, 2.75) is 19.6 Å². The van der Waals surface area contributed by atoms with Crippen LogP contribution in [0.4, 0.5) is 5.69 Å². The second-order valence-corrected chi connectivity index (χ2v) is 8.28. The summed E-state index contributed by atoms with van der Waals surface area (Å²) in [5, 5.41) is 14.2. The van der Waals surface area contributed by atoms with Crippen LogP contribution < -0.4 is 24.3 Å². The maximum atomic E-state index is 10.8. The summed E-state index contributed by atoms with van der Waals surface area (Å²) in [4.78, 5) is 10.4. The Bertz CT molecular complexity index is 1120. The van der Waals surface area contributed by atoms with Crippen molar-refractivity contribution < 1.29 is 23.9 Å². The van der Waals surface area contributed by atoms with Gasteiger partial charge in [-0.25, -0.2) is 0 Å². The van der Waals surface area contributed by atoms with E-state index in [-0.39, 0.29) is 12.3 Å². The number of halogens is 1. The lowest BCUT2D eigenvalue weighted by molar-refractivity contribution is -0.384. The molecule has 8 nitrogen and oxygen atoms in total. The maximum absolute atomic E-state index is 10.8. The Morgan fingerprint density at radius 2 is 1.50 bits per heavy atom. The molecule has 3 aromatic rings. The molecule has 0 saturated heterocycles. The number of benzene rings is 3. The lowest BCUT2D eigenvalue weighted by Crippen LogP contribution is -2.17. The number of methoxy groups -OCH3 is 3. The predicted molar refractivity (Wildman–Crippen MR) is 133 cm³/mol. The van der Waals surface area contributed by atoms with Crippen molar-refractivity contribution >= 4 is 21.6 Å². The van der Waals surface area contributed by atoms with Crippen LogP contribution in [0.15, 0.2) is 59.1 Å². The van der Waals surface area contributed by atoms with Gasteiger partial charge in [0.15, 0.2) is 23.0 Å². The SMILES string of the molecule is COc1ccc(CCNCc2cc(OC)c(OCc3ccc([N+](=O)[O-])cc3)cc2Br)cc1OC. The molecule has 0 aliphatic carbocycles. The Kier molecular flexibility index (Phi) is 9.12. The molecule has 0 bridgehead atoms. The molecule has 3 rings (SSSR count). The number of nitro benzene ring substituents is 1. The Morgan fingerprint density at radius 1 is 0.853 bits per heavy atom. The Morgan fingerprint density at radius 3 is 2.15 bits per heavy atom. The molecular weight excluding hydrogens is 504 g/mol. The second kappa shape index (κ2) is 12.2. The lowest BCUT2D eigenvalue weighted by atomic mass is 10.1. The van der Waals surface area contributed by atoms with E-state index in [4.69, 9.17) is 18.9 Å². The average molecular weight is 531 g/mol. The first-order chi connectivity index (χ1) is 16.4. The van der Waals surface area contributed by atoms with Crippen molar-refractivity contribution in [3.8, 4) is 23.0 Å². The molecule has 34 heavy (non-hydrogen) atoms. The number of hydrogen-bond donors (Lipinski definition) is 1. The summed E-state index contributed by atoms with van der Waals surface area (Å²) >= 11 is 3.61. The fourth-order valence-corrected chi connectivity index (χ4v) is 3.81. The van der Waals surface area contributed by atoms with Gasteiger partial charge in [0.25, 0.3) is 5.69 Å². The van der Waals surface area contributed by atoms with Crippen molar-refractivity contribution in [3.63, 3.8) is 0 Å². The summed E-state index contributed by atoms with van der Waals surface area (Å²) < 4.78 is 23.0. The van der Waals surface area contributed by atoms with Crippen molar-refractivity contribution in [1.82, 2.24) is 5.32 Å². The summed E-state index contributed by atoms with van der Waals surface area (Å²) in [6.45, 7) is 1.69. The third-order valence-electron chi connectivity index (χ3n) is 5.23. The van der Waals surface area contributed by atoms with Crippen LogP contribution in [0.1, 0.15) is 16.7 Å². The zero-order valence-corrected chi connectivity index (χ0v) is 20.9. The van der Waals surface area contributed by atoms with Crippen LogP contribution in [0.5, 0.6) is 23.0 Å². The van der Waals surface area contributed by atoms with Gasteiger partial charge in [-0.05, 0) is 66.1 Å². The number of non-ortho nitro benzene ring substituents is 1. The number of nitrogens with one attached hydrogen (secondary N) is 1. The number of ether oxygens (including phenoxy) is 4. The van der Waals surface area contributed by atoms with Gasteiger partial charge in [-0.1, -0.05) is 22.0 Å². The minimum Gasteiger partial charge on any atom is -0.493 e. The minimum absolute atomic E-state index is 0.0482. The van der Waals surface area contributed by atoms with Crippen LogP contribution in [-0.4, -0.2) is 32.8 Å². The van der Waals surface area contributed by atoms with Crippen molar-refractivity contribution in [2.24, 2.45) is 0 Å². The molecule has 0 aliphatic rings. The van der Waals surface area contributed by atoms with Crippen LogP contribution in [0.3, 0.4) is 0 Å². The largest absolute Gasteiger partial charge is 0.493 e. The van der Waals surface area contributed by atoms with Crippen LogP contribution in [0.25, 0.3) is 0 Å². The van der Waals surface area contributed by atoms with Crippen molar-refractivity contribution in [2.75, 3.05) is 27.9 Å². The van der Waals surface area contributed by atoms with Gasteiger partial charge < -0.3 is 24.3 Å². The van der Waals surface area contributed by atoms with Gasteiger partial charge in [-0.2, -0.15) is 0 Å². The topological polar surface area (TPSA) is 92.1 Å². The highest BCUT2D eigenvalue weighted by atomic mass is 79.9. The third kappa shape index (κ3) is 6.61. The average Bonchev–Trinajstić information content (AvgIpc) is 2.86. The molecule has 1 N–H and O–H groups in total. The maximum Gasteiger partial charge on any atom is 0.269 e. The molecule has 0 atom stereocenters. The first-order valence-corrected chi connectivity index (χ1v) is 11.4. The van der Waals surface area contributed by atoms with E-state index in [0.717, 1.165) is 39.9 Å². The van der Waals surface area contributed by atoms with Gasteiger partial charge in [0.05, 0.1) is 26.3 Å². The van der Waals surface area contributed by atoms with Crippen LogP contribution in [-0.2, 0) is 19.6 Å². The van der Waals surface area contributed by atoms with Gasteiger partial charge in [0.2, 0.25) is 0 Å². The molecule has 0 spiro atoms. The molecule has 0 fully saturated rings. The predicted octanol–water partition coefficient (Wildman–Crippen LogP) is 5.29. The Hall–Kier alpha value is -3.30. The van der Waals surface area contributed by atoms with Crippen molar-refractivity contribution in [3.05, 3.63) is 85.9 Å². The standard InChI is InChI=1S/C25H27BrN2O6/c1-31-22-9-6-17(12-23(22)32-2)10-11-27-15-19-13-24(33-3)25(14-21(19)26)34-16-18-4-7-20(8-5-18)28(29)30/h4-9,12-14,27H,10-11,15-16H2,1-3H3. The molecule has 0 unspecified atom stereocenters.